The SMILES string of the molecule is CCOC(=O)/C(F)=C/C1CC1C1CCN(C(=O)OC(C)(C)C)CC1. The van der Waals surface area contributed by atoms with Crippen LogP contribution in [-0.2, 0) is 14.3 Å². The molecule has 1 saturated carbocycles. The standard InChI is InChI=1S/C18H28FNO4/c1-5-23-16(21)15(19)11-13-10-14(13)12-6-8-20(9-7-12)17(22)24-18(2,3)4/h11-14H,5-10H2,1-4H3/b15-11-. The van der Waals surface area contributed by atoms with Gasteiger partial charge in [-0.1, -0.05) is 0 Å². The maximum atomic E-state index is 13.7. The van der Waals surface area contributed by atoms with Crippen LogP contribution in [0.15, 0.2) is 11.9 Å². The number of likely N-dealkylation sites (tertiary alicyclic amines) is 1. The molecule has 0 aromatic rings. The van der Waals surface area contributed by atoms with Crippen LogP contribution in [0.3, 0.4) is 0 Å². The van der Waals surface area contributed by atoms with Crippen molar-refractivity contribution in [2.75, 3.05) is 19.7 Å². The number of piperidine rings is 1. The van der Waals surface area contributed by atoms with Gasteiger partial charge in [-0.2, -0.15) is 4.39 Å². The van der Waals surface area contributed by atoms with Crippen molar-refractivity contribution in [3.8, 4) is 0 Å². The average Bonchev–Trinajstić information content (AvgIpc) is 3.25. The van der Waals surface area contributed by atoms with E-state index in [0.29, 0.717) is 24.9 Å². The Kier molecular flexibility index (Phi) is 5.88. The van der Waals surface area contributed by atoms with Crippen molar-refractivity contribution in [2.45, 2.75) is 52.6 Å². The van der Waals surface area contributed by atoms with Crippen LogP contribution in [0.1, 0.15) is 47.0 Å². The van der Waals surface area contributed by atoms with Crippen LogP contribution >= 0.6 is 0 Å². The monoisotopic (exact) mass is 341 g/mol. The fraction of sp³-hybridized carbons (Fsp3) is 0.778. The van der Waals surface area contributed by atoms with Crippen LogP contribution in [0.2, 0.25) is 0 Å². The summed E-state index contributed by atoms with van der Waals surface area (Å²) in [6, 6.07) is 0. The number of carbonyl (C=O) groups excluding carboxylic acids is 2. The highest BCUT2D eigenvalue weighted by Gasteiger charge is 2.43. The van der Waals surface area contributed by atoms with Crippen molar-refractivity contribution >= 4 is 12.1 Å². The second kappa shape index (κ2) is 7.53. The van der Waals surface area contributed by atoms with E-state index in [-0.39, 0.29) is 18.6 Å². The second-order valence-corrected chi connectivity index (χ2v) is 7.60. The molecule has 0 radical (unpaired) electrons. The van der Waals surface area contributed by atoms with Crippen molar-refractivity contribution in [2.24, 2.45) is 17.8 Å². The first-order valence-electron chi connectivity index (χ1n) is 8.73. The topological polar surface area (TPSA) is 55.8 Å². The van der Waals surface area contributed by atoms with Crippen LogP contribution in [-0.4, -0.2) is 42.3 Å². The largest absolute Gasteiger partial charge is 0.461 e. The average molecular weight is 341 g/mol. The van der Waals surface area contributed by atoms with Gasteiger partial charge in [-0.25, -0.2) is 9.59 Å². The molecule has 2 unspecified atom stereocenters. The number of halogens is 1. The normalized spacial score (nSPS) is 25.4. The molecule has 1 aliphatic carbocycles. The van der Waals surface area contributed by atoms with Gasteiger partial charge in [-0.05, 0) is 70.8 Å². The molecule has 1 aliphatic heterocycles. The highest BCUT2D eigenvalue weighted by molar-refractivity contribution is 5.86. The van der Waals surface area contributed by atoms with Gasteiger partial charge in [0.15, 0.2) is 0 Å². The number of esters is 1. The first-order valence-corrected chi connectivity index (χ1v) is 8.73. The molecule has 1 heterocycles. The minimum Gasteiger partial charge on any atom is -0.461 e. The molecule has 1 saturated heterocycles. The molecule has 0 N–H and O–H groups in total. The fourth-order valence-electron chi connectivity index (χ4n) is 3.26. The zero-order valence-corrected chi connectivity index (χ0v) is 15.0. The van der Waals surface area contributed by atoms with E-state index in [0.717, 1.165) is 19.3 Å². The number of carbonyl (C=O) groups is 2. The number of rotatable bonds is 4. The highest BCUT2D eigenvalue weighted by Crippen LogP contribution is 2.49. The van der Waals surface area contributed by atoms with Gasteiger partial charge in [0.2, 0.25) is 5.83 Å². The number of ether oxygens (including phenoxy) is 2. The van der Waals surface area contributed by atoms with Crippen molar-refractivity contribution in [3.05, 3.63) is 11.9 Å². The summed E-state index contributed by atoms with van der Waals surface area (Å²) in [6.07, 6.45) is 3.85. The number of hydrogen-bond donors (Lipinski definition) is 0. The molecule has 136 valence electrons. The molecule has 2 rings (SSSR count). The van der Waals surface area contributed by atoms with Crippen LogP contribution in [0.4, 0.5) is 9.18 Å². The van der Waals surface area contributed by atoms with Crippen LogP contribution in [0, 0.1) is 17.8 Å². The molecular weight excluding hydrogens is 313 g/mol. The Morgan fingerprint density at radius 1 is 1.25 bits per heavy atom. The van der Waals surface area contributed by atoms with E-state index in [4.69, 9.17) is 4.74 Å². The van der Waals surface area contributed by atoms with Crippen LogP contribution in [0.5, 0.6) is 0 Å². The second-order valence-electron chi connectivity index (χ2n) is 7.60. The Balaban J connectivity index is 1.77. The van der Waals surface area contributed by atoms with Gasteiger partial charge < -0.3 is 14.4 Å². The molecule has 0 aromatic carbocycles. The fourth-order valence-corrected chi connectivity index (χ4v) is 3.26. The quantitative estimate of drug-likeness (QED) is 0.578. The first-order chi connectivity index (χ1) is 11.2. The maximum Gasteiger partial charge on any atom is 0.410 e. The Morgan fingerprint density at radius 3 is 2.42 bits per heavy atom. The van der Waals surface area contributed by atoms with E-state index in [1.165, 1.54) is 6.08 Å². The molecule has 0 aromatic heterocycles. The molecule has 2 aliphatic rings. The minimum atomic E-state index is -0.872. The third-order valence-electron chi connectivity index (χ3n) is 4.52. The Morgan fingerprint density at radius 2 is 1.88 bits per heavy atom. The maximum absolute atomic E-state index is 13.7. The van der Waals surface area contributed by atoms with Crippen molar-refractivity contribution in [1.82, 2.24) is 4.90 Å². The molecule has 6 heteroatoms. The van der Waals surface area contributed by atoms with E-state index in [2.05, 4.69) is 4.74 Å². The molecule has 5 nitrogen and oxygen atoms in total. The summed E-state index contributed by atoms with van der Waals surface area (Å²) in [6.45, 7) is 8.76. The highest BCUT2D eigenvalue weighted by atomic mass is 19.1. The zero-order valence-electron chi connectivity index (χ0n) is 15.0. The molecular formula is C18H28FNO4. The summed E-state index contributed by atoms with van der Waals surface area (Å²) in [5.74, 6) is -0.656. The predicted octanol–water partition coefficient (Wildman–Crippen LogP) is 3.69. The lowest BCUT2D eigenvalue weighted by Crippen LogP contribution is -2.42. The molecule has 0 bridgehead atoms. The summed E-state index contributed by atoms with van der Waals surface area (Å²) in [7, 11) is 0. The van der Waals surface area contributed by atoms with Crippen LogP contribution in [0.25, 0.3) is 0 Å². The molecule has 1 amide bonds. The van der Waals surface area contributed by atoms with Gasteiger partial charge in [0.25, 0.3) is 0 Å². The van der Waals surface area contributed by atoms with Crippen molar-refractivity contribution in [1.29, 1.82) is 0 Å². The lowest BCUT2D eigenvalue weighted by Gasteiger charge is -2.33. The summed E-state index contributed by atoms with van der Waals surface area (Å²) in [5, 5.41) is 0. The number of amides is 1. The van der Waals surface area contributed by atoms with E-state index in [9.17, 15) is 14.0 Å². The van der Waals surface area contributed by atoms with E-state index in [1.54, 1.807) is 11.8 Å². The lowest BCUT2D eigenvalue weighted by atomic mass is 9.91. The van der Waals surface area contributed by atoms with Gasteiger partial charge in [0.05, 0.1) is 6.61 Å². The van der Waals surface area contributed by atoms with Gasteiger partial charge in [0, 0.05) is 13.1 Å². The van der Waals surface area contributed by atoms with Gasteiger partial charge in [-0.3, -0.25) is 0 Å². The summed E-state index contributed by atoms with van der Waals surface area (Å²) in [5.41, 5.74) is -0.481. The van der Waals surface area contributed by atoms with Crippen LogP contribution < -0.4 is 0 Å². The third-order valence-corrected chi connectivity index (χ3v) is 4.52. The number of allylic oxidation sites excluding steroid dienone is 1. The van der Waals surface area contributed by atoms with Gasteiger partial charge in [0.1, 0.15) is 5.60 Å². The minimum absolute atomic E-state index is 0.118. The number of nitrogens with zero attached hydrogens (tertiary/aromatic N) is 1. The third kappa shape index (κ3) is 5.21. The van der Waals surface area contributed by atoms with E-state index in [1.807, 2.05) is 20.8 Å². The summed E-state index contributed by atoms with van der Waals surface area (Å²) >= 11 is 0. The first kappa shape index (κ1) is 18.7. The van der Waals surface area contributed by atoms with E-state index < -0.39 is 17.4 Å². The lowest BCUT2D eigenvalue weighted by molar-refractivity contribution is -0.140. The predicted molar refractivity (Wildman–Crippen MR) is 88.0 cm³/mol. The molecule has 2 atom stereocenters. The summed E-state index contributed by atoms with van der Waals surface area (Å²) < 4.78 is 23.7. The smallest absolute Gasteiger partial charge is 0.410 e. The Bertz CT molecular complexity index is 504. The van der Waals surface area contributed by atoms with Crippen molar-refractivity contribution in [3.63, 3.8) is 0 Å². The zero-order chi connectivity index (χ0) is 17.9. The van der Waals surface area contributed by atoms with Gasteiger partial charge in [-0.15, -0.1) is 0 Å². The number of hydrogen-bond acceptors (Lipinski definition) is 4. The molecule has 0 spiro atoms. The molecule has 2 fully saturated rings. The summed E-state index contributed by atoms with van der Waals surface area (Å²) in [4.78, 5) is 25.1. The molecule has 24 heavy (non-hydrogen) atoms. The van der Waals surface area contributed by atoms with Gasteiger partial charge >= 0.3 is 12.1 Å². The Hall–Kier alpha value is -1.59. The van der Waals surface area contributed by atoms with Crippen molar-refractivity contribution < 1.29 is 23.5 Å². The van der Waals surface area contributed by atoms with E-state index >= 15 is 0 Å². The Labute approximate surface area is 143 Å².